The normalized spacial score (nSPS) is 11.4. The summed E-state index contributed by atoms with van der Waals surface area (Å²) in [6, 6.07) is 21.6. The van der Waals surface area contributed by atoms with Crippen LogP contribution in [0.4, 0.5) is 4.79 Å². The zero-order valence-electron chi connectivity index (χ0n) is 20.2. The number of imidazole rings is 2. The second-order valence-electron chi connectivity index (χ2n) is 8.85. The number of benzene rings is 3. The van der Waals surface area contributed by atoms with Gasteiger partial charge in [0.05, 0.1) is 16.7 Å². The summed E-state index contributed by atoms with van der Waals surface area (Å²) in [5, 5.41) is 11.1. The Bertz CT molecular complexity index is 1700. The molecule has 0 saturated carbocycles. The summed E-state index contributed by atoms with van der Waals surface area (Å²) in [5.74, 6) is 1.38. The molecule has 0 saturated heterocycles. The van der Waals surface area contributed by atoms with Crippen molar-refractivity contribution in [2.24, 2.45) is 0 Å². The van der Waals surface area contributed by atoms with Gasteiger partial charge in [-0.05, 0) is 35.7 Å². The number of rotatable bonds is 7. The molecular formula is C29H24N4O3S. The van der Waals surface area contributed by atoms with E-state index in [4.69, 9.17) is 19.8 Å². The second-order valence-corrected chi connectivity index (χ2v) is 9.72. The third-order valence-corrected chi connectivity index (χ3v) is 7.15. The van der Waals surface area contributed by atoms with Crippen LogP contribution >= 0.6 is 11.3 Å². The van der Waals surface area contributed by atoms with Gasteiger partial charge in [0.15, 0.2) is 4.96 Å². The van der Waals surface area contributed by atoms with Crippen LogP contribution in [0.3, 0.4) is 0 Å². The van der Waals surface area contributed by atoms with Crippen molar-refractivity contribution in [3.8, 4) is 28.1 Å². The second kappa shape index (κ2) is 9.55. The Hall–Kier alpha value is -4.43. The summed E-state index contributed by atoms with van der Waals surface area (Å²) < 4.78 is 9.30. The number of hydrogen-bond donors (Lipinski definition) is 1. The number of aryl methyl sites for hydroxylation is 1. The molecule has 0 aliphatic rings. The molecule has 6 rings (SSSR count). The minimum Gasteiger partial charge on any atom is -0.449 e. The summed E-state index contributed by atoms with van der Waals surface area (Å²) >= 11 is 1.62. The highest BCUT2D eigenvalue weighted by atomic mass is 32.1. The molecule has 0 aliphatic carbocycles. The fraction of sp³-hybridized carbons (Fsp3) is 0.138. The van der Waals surface area contributed by atoms with E-state index in [1.54, 1.807) is 23.5 Å². The molecule has 0 bridgehead atoms. The van der Waals surface area contributed by atoms with Crippen LogP contribution in [0.15, 0.2) is 84.5 Å². The number of carbonyl (C=O) groups is 1. The summed E-state index contributed by atoms with van der Waals surface area (Å²) in [4.78, 5) is 21.8. The van der Waals surface area contributed by atoms with Crippen molar-refractivity contribution >= 4 is 33.5 Å². The molecule has 0 fully saturated rings. The number of nitrogens with zero attached hydrogens (tertiary/aromatic N) is 4. The van der Waals surface area contributed by atoms with Gasteiger partial charge in [0, 0.05) is 41.9 Å². The Morgan fingerprint density at radius 1 is 1.03 bits per heavy atom. The van der Waals surface area contributed by atoms with Crippen LogP contribution in [0.2, 0.25) is 0 Å². The van der Waals surface area contributed by atoms with Gasteiger partial charge in [-0.15, -0.1) is 11.3 Å². The van der Waals surface area contributed by atoms with Crippen molar-refractivity contribution < 1.29 is 14.6 Å². The molecule has 0 spiro atoms. The number of aromatic nitrogens is 4. The summed E-state index contributed by atoms with van der Waals surface area (Å²) in [6.45, 7) is 2.85. The van der Waals surface area contributed by atoms with Crippen LogP contribution in [-0.2, 0) is 13.0 Å². The molecule has 0 radical (unpaired) electrons. The minimum atomic E-state index is -1.32. The molecule has 0 atom stereocenters. The lowest BCUT2D eigenvalue weighted by Gasteiger charge is -2.12. The molecule has 0 aliphatic heterocycles. The molecule has 3 aromatic carbocycles. The van der Waals surface area contributed by atoms with Gasteiger partial charge in [-0.2, -0.15) is 0 Å². The van der Waals surface area contributed by atoms with E-state index >= 15 is 0 Å². The maximum absolute atomic E-state index is 11.1. The first-order valence-corrected chi connectivity index (χ1v) is 13.0. The van der Waals surface area contributed by atoms with Crippen molar-refractivity contribution in [2.45, 2.75) is 26.3 Å². The first-order chi connectivity index (χ1) is 18.1. The molecular weight excluding hydrogens is 484 g/mol. The molecule has 3 aromatic heterocycles. The van der Waals surface area contributed by atoms with Gasteiger partial charge in [0.1, 0.15) is 11.6 Å². The predicted octanol–water partition coefficient (Wildman–Crippen LogP) is 7.14. The summed E-state index contributed by atoms with van der Waals surface area (Å²) in [7, 11) is 0. The maximum atomic E-state index is 11.1. The van der Waals surface area contributed by atoms with E-state index < -0.39 is 6.16 Å². The smallest absolute Gasteiger partial charge is 0.449 e. The third-order valence-electron chi connectivity index (χ3n) is 6.38. The minimum absolute atomic E-state index is 0.320. The van der Waals surface area contributed by atoms with E-state index in [2.05, 4.69) is 48.0 Å². The number of thiazole rings is 1. The van der Waals surface area contributed by atoms with Crippen molar-refractivity contribution in [2.75, 3.05) is 0 Å². The topological polar surface area (TPSA) is 81.7 Å². The van der Waals surface area contributed by atoms with Gasteiger partial charge in [-0.3, -0.25) is 4.40 Å². The van der Waals surface area contributed by atoms with Gasteiger partial charge >= 0.3 is 6.16 Å². The molecule has 184 valence electrons. The summed E-state index contributed by atoms with van der Waals surface area (Å²) in [6.07, 6.45) is 4.66. The molecule has 7 nitrogen and oxygen atoms in total. The lowest BCUT2D eigenvalue weighted by Crippen LogP contribution is -2.05. The quantitative estimate of drug-likeness (QED) is 0.183. The van der Waals surface area contributed by atoms with Gasteiger partial charge < -0.3 is 14.4 Å². The molecule has 3 heterocycles. The van der Waals surface area contributed by atoms with Gasteiger partial charge in [-0.25, -0.2) is 14.8 Å². The molecule has 37 heavy (non-hydrogen) atoms. The Kier molecular flexibility index (Phi) is 5.94. The van der Waals surface area contributed by atoms with Crippen LogP contribution in [0.5, 0.6) is 5.75 Å². The zero-order chi connectivity index (χ0) is 25.4. The van der Waals surface area contributed by atoms with E-state index in [0.29, 0.717) is 12.3 Å². The average molecular weight is 509 g/mol. The number of para-hydroxylation sites is 1. The van der Waals surface area contributed by atoms with Crippen LogP contribution in [0.1, 0.15) is 24.7 Å². The third kappa shape index (κ3) is 4.47. The SMILES string of the molecule is CCCc1nc2ccc(-c3cn4ccsc4n3)cc2n1Cc1ccc(-c2ccccc2OC(=O)O)cc1. The molecule has 0 amide bonds. The summed E-state index contributed by atoms with van der Waals surface area (Å²) in [5.41, 5.74) is 6.84. The molecule has 8 heteroatoms. The number of carboxylic acid groups (broad SMARTS) is 1. The first-order valence-electron chi connectivity index (χ1n) is 12.1. The number of fused-ring (bicyclic) bond motifs is 2. The Morgan fingerprint density at radius 2 is 1.84 bits per heavy atom. The van der Waals surface area contributed by atoms with E-state index in [0.717, 1.165) is 62.6 Å². The predicted molar refractivity (Wildman–Crippen MR) is 145 cm³/mol. The van der Waals surface area contributed by atoms with Crippen molar-refractivity contribution in [3.63, 3.8) is 0 Å². The zero-order valence-corrected chi connectivity index (χ0v) is 21.0. The Balaban J connectivity index is 1.35. The van der Waals surface area contributed by atoms with Crippen LogP contribution in [0.25, 0.3) is 38.4 Å². The van der Waals surface area contributed by atoms with E-state index in [-0.39, 0.29) is 0 Å². The Labute approximate surface area is 217 Å². The highest BCUT2D eigenvalue weighted by Crippen LogP contribution is 2.31. The van der Waals surface area contributed by atoms with E-state index in [9.17, 15) is 4.79 Å². The van der Waals surface area contributed by atoms with Gasteiger partial charge in [-0.1, -0.05) is 55.5 Å². The highest BCUT2D eigenvalue weighted by Gasteiger charge is 2.14. The Morgan fingerprint density at radius 3 is 2.62 bits per heavy atom. The fourth-order valence-corrected chi connectivity index (χ4v) is 5.35. The highest BCUT2D eigenvalue weighted by molar-refractivity contribution is 7.15. The van der Waals surface area contributed by atoms with Crippen molar-refractivity contribution in [3.05, 3.63) is 95.9 Å². The number of ether oxygens (including phenoxy) is 1. The van der Waals surface area contributed by atoms with Crippen molar-refractivity contribution in [1.29, 1.82) is 0 Å². The molecule has 0 unspecified atom stereocenters. The number of hydrogen-bond acceptors (Lipinski definition) is 5. The van der Waals surface area contributed by atoms with Crippen LogP contribution in [0, 0.1) is 0 Å². The average Bonchev–Trinajstić information content (AvgIpc) is 3.59. The fourth-order valence-electron chi connectivity index (χ4n) is 4.65. The van der Waals surface area contributed by atoms with Crippen molar-refractivity contribution in [1.82, 2.24) is 18.9 Å². The van der Waals surface area contributed by atoms with E-state index in [1.807, 2.05) is 40.2 Å². The first kappa shape index (κ1) is 23.0. The maximum Gasteiger partial charge on any atom is 0.511 e. The van der Waals surface area contributed by atoms with Crippen LogP contribution < -0.4 is 4.74 Å². The van der Waals surface area contributed by atoms with Crippen LogP contribution in [-0.4, -0.2) is 30.2 Å². The molecule has 1 N–H and O–H groups in total. The molecule has 6 aromatic rings. The largest absolute Gasteiger partial charge is 0.511 e. The lowest BCUT2D eigenvalue weighted by molar-refractivity contribution is 0.144. The van der Waals surface area contributed by atoms with Gasteiger partial charge in [0.2, 0.25) is 0 Å². The van der Waals surface area contributed by atoms with E-state index in [1.165, 1.54) is 0 Å². The standard InChI is InChI=1S/C29H24N4O3S/c1-2-5-27-30-23-13-12-21(24-18-32-14-15-37-28(32)31-24)16-25(23)33(27)17-19-8-10-20(11-9-19)22-6-3-4-7-26(22)36-29(34)35/h3-4,6-16,18H,2,5,17H2,1H3,(H,34,35). The monoisotopic (exact) mass is 508 g/mol. The van der Waals surface area contributed by atoms with Gasteiger partial charge in [0.25, 0.3) is 0 Å². The lowest BCUT2D eigenvalue weighted by atomic mass is 10.0.